The molecule has 0 aromatic heterocycles. The lowest BCUT2D eigenvalue weighted by Crippen LogP contribution is -2.30. The topological polar surface area (TPSA) is 78.9 Å². The summed E-state index contributed by atoms with van der Waals surface area (Å²) in [4.78, 5) is 38.3. The molecule has 0 fully saturated rings. The minimum Gasteiger partial charge on any atom is -0.462 e. The van der Waals surface area contributed by atoms with E-state index in [-0.39, 0.29) is 37.5 Å². The smallest absolute Gasteiger partial charge is 0.306 e. The number of hydrogen-bond donors (Lipinski definition) is 0. The van der Waals surface area contributed by atoms with E-state index in [1.807, 2.05) is 0 Å². The monoisotopic (exact) mass is 1050 g/mol. The zero-order valence-corrected chi connectivity index (χ0v) is 49.2. The van der Waals surface area contributed by atoms with Gasteiger partial charge in [0, 0.05) is 19.3 Å². The van der Waals surface area contributed by atoms with Gasteiger partial charge < -0.3 is 14.2 Å². The van der Waals surface area contributed by atoms with Crippen molar-refractivity contribution in [1.29, 1.82) is 0 Å². The maximum absolute atomic E-state index is 12.9. The maximum Gasteiger partial charge on any atom is 0.306 e. The van der Waals surface area contributed by atoms with Crippen LogP contribution in [-0.2, 0) is 28.6 Å². The molecule has 1 atom stereocenters. The summed E-state index contributed by atoms with van der Waals surface area (Å²) in [7, 11) is 0. The van der Waals surface area contributed by atoms with Gasteiger partial charge in [-0.05, 0) is 135 Å². The van der Waals surface area contributed by atoms with Gasteiger partial charge in [0.25, 0.3) is 0 Å². The van der Waals surface area contributed by atoms with Crippen LogP contribution in [0.25, 0.3) is 0 Å². The van der Waals surface area contributed by atoms with Crippen molar-refractivity contribution in [3.05, 3.63) is 134 Å². The van der Waals surface area contributed by atoms with Gasteiger partial charge in [0.15, 0.2) is 6.10 Å². The van der Waals surface area contributed by atoms with Crippen molar-refractivity contribution in [3.63, 3.8) is 0 Å². The molecule has 0 spiro atoms. The van der Waals surface area contributed by atoms with Gasteiger partial charge in [-0.25, -0.2) is 0 Å². The lowest BCUT2D eigenvalue weighted by atomic mass is 10.1. The van der Waals surface area contributed by atoms with Crippen LogP contribution in [0.1, 0.15) is 271 Å². The molecule has 6 nitrogen and oxygen atoms in total. The Hall–Kier alpha value is -4.45. The Balaban J connectivity index is 4.52. The molecule has 0 bridgehead atoms. The van der Waals surface area contributed by atoms with Gasteiger partial charge in [0.1, 0.15) is 13.2 Å². The second kappa shape index (κ2) is 63.1. The molecule has 0 aliphatic carbocycles. The van der Waals surface area contributed by atoms with Crippen LogP contribution in [0.15, 0.2) is 134 Å². The lowest BCUT2D eigenvalue weighted by Gasteiger charge is -2.18. The van der Waals surface area contributed by atoms with E-state index in [4.69, 9.17) is 14.2 Å². The van der Waals surface area contributed by atoms with Crippen molar-refractivity contribution in [2.75, 3.05) is 13.2 Å². The van der Waals surface area contributed by atoms with E-state index in [1.54, 1.807) is 0 Å². The molecule has 6 heteroatoms. The van der Waals surface area contributed by atoms with Crippen molar-refractivity contribution in [3.8, 4) is 0 Å². The van der Waals surface area contributed by atoms with Gasteiger partial charge in [-0.2, -0.15) is 0 Å². The number of ether oxygens (including phenoxy) is 3. The number of carbonyl (C=O) groups is 3. The third-order valence-corrected chi connectivity index (χ3v) is 12.9. The summed E-state index contributed by atoms with van der Waals surface area (Å²) in [6.45, 7) is 6.43. The second-order valence-corrected chi connectivity index (χ2v) is 20.2. The Bertz CT molecular complexity index is 1630. The molecule has 0 rings (SSSR count). The predicted octanol–water partition coefficient (Wildman–Crippen LogP) is 21.4. The first kappa shape index (κ1) is 71.5. The number of unbranched alkanes of at least 4 members (excludes halogenated alkanes) is 22. The van der Waals surface area contributed by atoms with Gasteiger partial charge in [-0.3, -0.25) is 14.4 Å². The maximum atomic E-state index is 12.9. The average molecular weight is 1050 g/mol. The van der Waals surface area contributed by atoms with Crippen LogP contribution in [0.4, 0.5) is 0 Å². The first-order valence-electron chi connectivity index (χ1n) is 31.2. The third-order valence-electron chi connectivity index (χ3n) is 12.9. The van der Waals surface area contributed by atoms with Gasteiger partial charge in [0.2, 0.25) is 0 Å². The quantitative estimate of drug-likeness (QED) is 0.0261. The number of hydrogen-bond acceptors (Lipinski definition) is 6. The number of esters is 3. The average Bonchev–Trinajstić information content (AvgIpc) is 3.42. The van der Waals surface area contributed by atoms with Crippen LogP contribution in [-0.4, -0.2) is 37.2 Å². The molecule has 0 saturated heterocycles. The van der Waals surface area contributed by atoms with Gasteiger partial charge in [0.05, 0.1) is 0 Å². The molecular weight excluding hydrogens is 937 g/mol. The minimum absolute atomic E-state index is 0.109. The van der Waals surface area contributed by atoms with Crippen LogP contribution < -0.4 is 0 Å². The van der Waals surface area contributed by atoms with Crippen molar-refractivity contribution in [1.82, 2.24) is 0 Å². The van der Waals surface area contributed by atoms with Gasteiger partial charge >= 0.3 is 17.9 Å². The number of rotatable bonds is 55. The molecule has 0 N–H and O–H groups in total. The molecule has 0 heterocycles. The fourth-order valence-electron chi connectivity index (χ4n) is 8.20. The van der Waals surface area contributed by atoms with Crippen LogP contribution >= 0.6 is 0 Å². The summed E-state index contributed by atoms with van der Waals surface area (Å²) in [6, 6.07) is 0. The fourth-order valence-corrected chi connectivity index (χ4v) is 8.20. The highest BCUT2D eigenvalue weighted by atomic mass is 16.6. The largest absolute Gasteiger partial charge is 0.462 e. The van der Waals surface area contributed by atoms with E-state index in [2.05, 4.69) is 154 Å². The summed E-state index contributed by atoms with van der Waals surface area (Å²) in [5.41, 5.74) is 0. The molecule has 0 aliphatic heterocycles. The molecule has 430 valence electrons. The zero-order valence-electron chi connectivity index (χ0n) is 49.2. The van der Waals surface area contributed by atoms with Crippen molar-refractivity contribution < 1.29 is 28.6 Å². The van der Waals surface area contributed by atoms with Gasteiger partial charge in [-0.15, -0.1) is 0 Å². The van der Waals surface area contributed by atoms with E-state index in [0.29, 0.717) is 19.3 Å². The van der Waals surface area contributed by atoms with E-state index in [9.17, 15) is 14.4 Å². The molecule has 0 aliphatic rings. The Kier molecular flexibility index (Phi) is 59.4. The lowest BCUT2D eigenvalue weighted by molar-refractivity contribution is -0.167. The summed E-state index contributed by atoms with van der Waals surface area (Å²) in [5, 5.41) is 0. The van der Waals surface area contributed by atoms with Crippen LogP contribution in [0.2, 0.25) is 0 Å². The van der Waals surface area contributed by atoms with E-state index in [1.165, 1.54) is 103 Å². The van der Waals surface area contributed by atoms with Crippen LogP contribution in [0.5, 0.6) is 0 Å². The Labute approximate surface area is 468 Å². The standard InChI is InChI=1S/C70H114O6/c1-4-7-10-13-16-19-22-25-28-31-33-34-35-36-38-39-42-45-48-51-54-57-60-63-69(72)75-66-67(65-74-68(71)62-59-56-53-50-47-44-41-30-27-24-21-18-15-12-9-6-3)76-70(73)64-61-58-55-52-49-46-43-40-37-32-29-26-23-20-17-14-11-8-5-2/h7,10,16-17,19-21,24-26,28-30,33-34,36,38,41-42,45,51,54,67H,4-6,8-9,11-15,18,22-23,27,31-32,35,37,39-40,43-44,46-50,52-53,55-66H2,1-3H3/b10-7-,19-16-,20-17-,24-21-,28-25-,29-26-,34-33-,38-36-,41-30-,45-42-,54-51-. The van der Waals surface area contributed by atoms with Crippen molar-refractivity contribution >= 4 is 17.9 Å². The number of allylic oxidation sites excluding steroid dienone is 22. The zero-order chi connectivity index (χ0) is 55.0. The minimum atomic E-state index is -0.816. The predicted molar refractivity (Wildman–Crippen MR) is 329 cm³/mol. The second-order valence-electron chi connectivity index (χ2n) is 20.2. The molecular formula is C70H114O6. The Morgan fingerprint density at radius 3 is 0.882 bits per heavy atom. The molecule has 0 radical (unpaired) electrons. The molecule has 0 aromatic rings. The SMILES string of the molecule is CC/C=C\C/C=C\C/C=C\C/C=C\C/C=C\C/C=C\C/C=C\CCCC(=O)OCC(COC(=O)CCCCCCC/C=C\C/C=C\CCCCCC)OC(=O)CCCCCCCCCCC/C=C\C/C=C\CCCCC. The van der Waals surface area contributed by atoms with E-state index in [0.717, 1.165) is 122 Å². The number of carbonyl (C=O) groups excluding carboxylic acids is 3. The fraction of sp³-hybridized carbons (Fsp3) is 0.643. The first-order chi connectivity index (χ1) is 37.5. The van der Waals surface area contributed by atoms with Crippen molar-refractivity contribution in [2.24, 2.45) is 0 Å². The first-order valence-corrected chi connectivity index (χ1v) is 31.2. The Morgan fingerprint density at radius 2 is 0.526 bits per heavy atom. The van der Waals surface area contributed by atoms with Gasteiger partial charge in [-0.1, -0.05) is 251 Å². The summed E-state index contributed by atoms with van der Waals surface area (Å²) >= 11 is 0. The van der Waals surface area contributed by atoms with E-state index < -0.39 is 6.10 Å². The molecule has 1 unspecified atom stereocenters. The summed E-state index contributed by atoms with van der Waals surface area (Å²) < 4.78 is 16.9. The molecule has 0 amide bonds. The highest BCUT2D eigenvalue weighted by Gasteiger charge is 2.19. The third kappa shape index (κ3) is 60.4. The van der Waals surface area contributed by atoms with Crippen LogP contribution in [0, 0.1) is 0 Å². The van der Waals surface area contributed by atoms with E-state index >= 15 is 0 Å². The van der Waals surface area contributed by atoms with Crippen molar-refractivity contribution in [2.45, 2.75) is 277 Å². The molecule has 0 aromatic carbocycles. The molecule has 76 heavy (non-hydrogen) atoms. The Morgan fingerprint density at radius 1 is 0.276 bits per heavy atom. The molecule has 0 saturated carbocycles. The highest BCUT2D eigenvalue weighted by Crippen LogP contribution is 2.14. The summed E-state index contributed by atoms with van der Waals surface area (Å²) in [6.07, 6.45) is 88.8. The summed E-state index contributed by atoms with van der Waals surface area (Å²) in [5.74, 6) is -0.986. The van der Waals surface area contributed by atoms with Crippen LogP contribution in [0.3, 0.4) is 0 Å². The normalized spacial score (nSPS) is 13.0. The highest BCUT2D eigenvalue weighted by molar-refractivity contribution is 5.71.